The van der Waals surface area contributed by atoms with Crippen LogP contribution in [0.3, 0.4) is 0 Å². The molecular weight excluding hydrogens is 265 g/mol. The largest absolute Gasteiger partial charge is 0.416 e. The Labute approximate surface area is 117 Å². The van der Waals surface area contributed by atoms with Crippen LogP contribution in [0.15, 0.2) is 24.3 Å². The molecule has 0 aliphatic heterocycles. The number of benzene rings is 1. The van der Waals surface area contributed by atoms with Crippen molar-refractivity contribution in [1.82, 2.24) is 5.43 Å². The minimum atomic E-state index is -4.35. The minimum absolute atomic E-state index is 0.171. The van der Waals surface area contributed by atoms with E-state index in [9.17, 15) is 13.2 Å². The number of rotatable bonds is 4. The summed E-state index contributed by atoms with van der Waals surface area (Å²) in [6.07, 6.45) is 0.433. The van der Waals surface area contributed by atoms with Gasteiger partial charge in [-0.2, -0.15) is 13.2 Å². The van der Waals surface area contributed by atoms with Crippen molar-refractivity contribution in [3.63, 3.8) is 0 Å². The second-order valence-corrected chi connectivity index (χ2v) is 5.61. The van der Waals surface area contributed by atoms with Crippen molar-refractivity contribution in [2.45, 2.75) is 51.2 Å². The Morgan fingerprint density at radius 2 is 1.85 bits per heavy atom. The molecular formula is C15H21F3N2. The molecule has 1 atom stereocenters. The van der Waals surface area contributed by atoms with Crippen molar-refractivity contribution in [3.05, 3.63) is 35.4 Å². The van der Waals surface area contributed by atoms with E-state index < -0.39 is 17.8 Å². The Morgan fingerprint density at radius 3 is 2.35 bits per heavy atom. The van der Waals surface area contributed by atoms with Gasteiger partial charge in [-0.3, -0.25) is 11.3 Å². The highest BCUT2D eigenvalue weighted by atomic mass is 19.4. The maximum atomic E-state index is 13.2. The Balaban J connectivity index is 2.47. The van der Waals surface area contributed by atoms with Gasteiger partial charge in [0.15, 0.2) is 0 Å². The van der Waals surface area contributed by atoms with Crippen LogP contribution in [0.2, 0.25) is 0 Å². The molecule has 2 nitrogen and oxygen atoms in total. The molecule has 2 rings (SSSR count). The predicted octanol–water partition coefficient (Wildman–Crippen LogP) is 4.18. The van der Waals surface area contributed by atoms with Gasteiger partial charge in [-0.1, -0.05) is 38.0 Å². The van der Waals surface area contributed by atoms with Crippen LogP contribution in [0, 0.1) is 5.41 Å². The smallest absolute Gasteiger partial charge is 0.271 e. The monoisotopic (exact) mass is 286 g/mol. The number of hydrogen-bond acceptors (Lipinski definition) is 2. The Morgan fingerprint density at radius 1 is 1.25 bits per heavy atom. The normalized spacial score (nSPS) is 20.1. The summed E-state index contributed by atoms with van der Waals surface area (Å²) in [4.78, 5) is 0. The van der Waals surface area contributed by atoms with Crippen molar-refractivity contribution in [1.29, 1.82) is 0 Å². The molecule has 1 unspecified atom stereocenters. The first kappa shape index (κ1) is 15.3. The van der Waals surface area contributed by atoms with E-state index in [4.69, 9.17) is 5.84 Å². The van der Waals surface area contributed by atoms with Crippen LogP contribution >= 0.6 is 0 Å². The molecule has 1 aromatic carbocycles. The second-order valence-electron chi connectivity index (χ2n) is 5.61. The standard InChI is InChI=1S/C15H21F3N2/c1-2-14(9-5-6-10-14)13(20-19)11-7-3-4-8-12(11)15(16,17)18/h3-4,7-8,13,20H,2,5-6,9-10,19H2,1H3. The highest BCUT2D eigenvalue weighted by Gasteiger charge is 2.44. The first-order valence-corrected chi connectivity index (χ1v) is 7.07. The highest BCUT2D eigenvalue weighted by Crippen LogP contribution is 2.51. The molecule has 1 aliphatic rings. The van der Waals surface area contributed by atoms with Gasteiger partial charge >= 0.3 is 6.18 Å². The lowest BCUT2D eigenvalue weighted by atomic mass is 9.72. The summed E-state index contributed by atoms with van der Waals surface area (Å²) in [5.74, 6) is 5.64. The van der Waals surface area contributed by atoms with Crippen molar-refractivity contribution in [3.8, 4) is 0 Å². The molecule has 1 aliphatic carbocycles. The zero-order chi connectivity index (χ0) is 14.8. The third-order valence-corrected chi connectivity index (χ3v) is 4.66. The fraction of sp³-hybridized carbons (Fsp3) is 0.600. The average molecular weight is 286 g/mol. The van der Waals surface area contributed by atoms with Crippen molar-refractivity contribution in [2.24, 2.45) is 11.3 Å². The first-order valence-electron chi connectivity index (χ1n) is 7.07. The lowest BCUT2D eigenvalue weighted by molar-refractivity contribution is -0.138. The van der Waals surface area contributed by atoms with Gasteiger partial charge in [-0.25, -0.2) is 0 Å². The highest BCUT2D eigenvalue weighted by molar-refractivity contribution is 5.34. The summed E-state index contributed by atoms with van der Waals surface area (Å²) in [5.41, 5.74) is 2.18. The number of nitrogens with one attached hydrogen (secondary N) is 1. The lowest BCUT2D eigenvalue weighted by Gasteiger charge is -2.38. The van der Waals surface area contributed by atoms with E-state index in [2.05, 4.69) is 5.43 Å². The predicted molar refractivity (Wildman–Crippen MR) is 72.7 cm³/mol. The molecule has 0 aromatic heterocycles. The van der Waals surface area contributed by atoms with Gasteiger partial charge in [0.2, 0.25) is 0 Å². The van der Waals surface area contributed by atoms with E-state index in [1.54, 1.807) is 12.1 Å². The second kappa shape index (κ2) is 5.74. The maximum absolute atomic E-state index is 13.2. The fourth-order valence-electron chi connectivity index (χ4n) is 3.53. The SMILES string of the molecule is CCC1(C(NN)c2ccccc2C(F)(F)F)CCCC1. The summed E-state index contributed by atoms with van der Waals surface area (Å²) in [5, 5.41) is 0. The molecule has 20 heavy (non-hydrogen) atoms. The third kappa shape index (κ3) is 2.69. The van der Waals surface area contributed by atoms with Crippen LogP contribution < -0.4 is 11.3 Å². The van der Waals surface area contributed by atoms with Gasteiger partial charge in [0, 0.05) is 0 Å². The van der Waals surface area contributed by atoms with E-state index in [-0.39, 0.29) is 11.0 Å². The Bertz CT molecular complexity index is 451. The van der Waals surface area contributed by atoms with E-state index in [1.807, 2.05) is 6.92 Å². The van der Waals surface area contributed by atoms with Crippen molar-refractivity contribution >= 4 is 0 Å². The average Bonchev–Trinajstić information content (AvgIpc) is 2.89. The summed E-state index contributed by atoms with van der Waals surface area (Å²) in [7, 11) is 0. The topological polar surface area (TPSA) is 38.0 Å². The van der Waals surface area contributed by atoms with Crippen LogP contribution in [-0.2, 0) is 6.18 Å². The molecule has 5 heteroatoms. The molecule has 0 amide bonds. The van der Waals surface area contributed by atoms with Crippen molar-refractivity contribution < 1.29 is 13.2 Å². The van der Waals surface area contributed by atoms with E-state index in [0.717, 1.165) is 38.2 Å². The molecule has 0 saturated heterocycles. The van der Waals surface area contributed by atoms with Crippen molar-refractivity contribution in [2.75, 3.05) is 0 Å². The molecule has 3 N–H and O–H groups in total. The van der Waals surface area contributed by atoms with Gasteiger partial charge in [0.25, 0.3) is 0 Å². The molecule has 0 radical (unpaired) electrons. The zero-order valence-corrected chi connectivity index (χ0v) is 11.6. The van der Waals surface area contributed by atoms with Crippen LogP contribution in [0.25, 0.3) is 0 Å². The van der Waals surface area contributed by atoms with Crippen LogP contribution in [0.5, 0.6) is 0 Å². The van der Waals surface area contributed by atoms with Gasteiger partial charge in [-0.15, -0.1) is 0 Å². The number of nitrogens with two attached hydrogens (primary N) is 1. The molecule has 1 aromatic rings. The molecule has 0 bridgehead atoms. The van der Waals surface area contributed by atoms with E-state index in [0.29, 0.717) is 0 Å². The maximum Gasteiger partial charge on any atom is 0.416 e. The molecule has 0 spiro atoms. The number of alkyl halides is 3. The van der Waals surface area contributed by atoms with Crippen LogP contribution in [0.4, 0.5) is 13.2 Å². The van der Waals surface area contributed by atoms with Gasteiger partial charge in [-0.05, 0) is 36.3 Å². The Kier molecular flexibility index (Phi) is 4.39. The van der Waals surface area contributed by atoms with Gasteiger partial charge in [0.05, 0.1) is 11.6 Å². The summed E-state index contributed by atoms with van der Waals surface area (Å²) >= 11 is 0. The first-order chi connectivity index (χ1) is 9.44. The molecule has 112 valence electrons. The quantitative estimate of drug-likeness (QED) is 0.643. The van der Waals surface area contributed by atoms with E-state index in [1.165, 1.54) is 6.07 Å². The lowest BCUT2D eigenvalue weighted by Crippen LogP contribution is -2.41. The molecule has 1 saturated carbocycles. The Hall–Kier alpha value is -1.07. The van der Waals surface area contributed by atoms with Gasteiger partial charge < -0.3 is 0 Å². The fourth-order valence-corrected chi connectivity index (χ4v) is 3.53. The molecule has 1 fully saturated rings. The van der Waals surface area contributed by atoms with Gasteiger partial charge in [0.1, 0.15) is 0 Å². The van der Waals surface area contributed by atoms with Crippen LogP contribution in [-0.4, -0.2) is 0 Å². The van der Waals surface area contributed by atoms with Crippen LogP contribution in [0.1, 0.15) is 56.2 Å². The number of hydrogen-bond donors (Lipinski definition) is 2. The third-order valence-electron chi connectivity index (χ3n) is 4.66. The summed E-state index contributed by atoms with van der Waals surface area (Å²) < 4.78 is 39.6. The van der Waals surface area contributed by atoms with E-state index >= 15 is 0 Å². The number of halogens is 3. The zero-order valence-electron chi connectivity index (χ0n) is 11.6. The minimum Gasteiger partial charge on any atom is -0.271 e. The summed E-state index contributed by atoms with van der Waals surface area (Å²) in [6, 6.07) is 5.30. The number of hydrazine groups is 1. The summed E-state index contributed by atoms with van der Waals surface area (Å²) in [6.45, 7) is 2.03. The molecule has 0 heterocycles.